The van der Waals surface area contributed by atoms with Crippen LogP contribution in [0.4, 0.5) is 14.9 Å². The molecule has 0 saturated carbocycles. The maximum absolute atomic E-state index is 12.6. The minimum Gasteiger partial charge on any atom is -0.388 e. The summed E-state index contributed by atoms with van der Waals surface area (Å²) in [6, 6.07) is 5.03. The van der Waals surface area contributed by atoms with Crippen molar-refractivity contribution in [1.82, 2.24) is 5.32 Å². The zero-order valence-corrected chi connectivity index (χ0v) is 9.96. The number of amides is 2. The summed E-state index contributed by atoms with van der Waals surface area (Å²) in [5, 5.41) is 14.8. The van der Waals surface area contributed by atoms with Crippen molar-refractivity contribution >= 4 is 11.7 Å². The van der Waals surface area contributed by atoms with E-state index in [4.69, 9.17) is 0 Å². The standard InChI is InChI=1S/C12H17FN2O2/c1-3-12(2,17)8-14-11(16)15-10-6-4-9(13)5-7-10/h4-7,17H,3,8H2,1-2H3,(H2,14,15,16). The zero-order chi connectivity index (χ0) is 12.9. The van der Waals surface area contributed by atoms with Gasteiger partial charge in [-0.3, -0.25) is 0 Å². The second-order valence-corrected chi connectivity index (χ2v) is 4.17. The van der Waals surface area contributed by atoms with Gasteiger partial charge < -0.3 is 15.7 Å². The molecule has 3 N–H and O–H groups in total. The second-order valence-electron chi connectivity index (χ2n) is 4.17. The molecule has 1 aromatic carbocycles. The van der Waals surface area contributed by atoms with Gasteiger partial charge in [0.1, 0.15) is 5.82 Å². The smallest absolute Gasteiger partial charge is 0.319 e. The fraction of sp³-hybridized carbons (Fsp3) is 0.417. The summed E-state index contributed by atoms with van der Waals surface area (Å²) < 4.78 is 12.6. The van der Waals surface area contributed by atoms with Gasteiger partial charge in [-0.1, -0.05) is 6.92 Å². The van der Waals surface area contributed by atoms with Crippen LogP contribution in [0, 0.1) is 5.82 Å². The van der Waals surface area contributed by atoms with Gasteiger partial charge in [0.15, 0.2) is 0 Å². The summed E-state index contributed by atoms with van der Waals surface area (Å²) in [5.74, 6) is -0.357. The fourth-order valence-electron chi connectivity index (χ4n) is 1.10. The van der Waals surface area contributed by atoms with Crippen molar-refractivity contribution < 1.29 is 14.3 Å². The van der Waals surface area contributed by atoms with Crippen molar-refractivity contribution in [2.45, 2.75) is 25.9 Å². The summed E-state index contributed by atoms with van der Waals surface area (Å²) >= 11 is 0. The first-order chi connectivity index (χ1) is 7.93. The van der Waals surface area contributed by atoms with E-state index in [0.717, 1.165) is 0 Å². The summed E-state index contributed by atoms with van der Waals surface area (Å²) in [6.45, 7) is 3.64. The Labute approximate surface area is 99.8 Å². The molecule has 0 radical (unpaired) electrons. The van der Waals surface area contributed by atoms with E-state index >= 15 is 0 Å². The van der Waals surface area contributed by atoms with Crippen molar-refractivity contribution in [3.63, 3.8) is 0 Å². The zero-order valence-electron chi connectivity index (χ0n) is 9.96. The number of carbonyl (C=O) groups excluding carboxylic acids is 1. The molecule has 17 heavy (non-hydrogen) atoms. The highest BCUT2D eigenvalue weighted by molar-refractivity contribution is 5.89. The lowest BCUT2D eigenvalue weighted by Gasteiger charge is -2.21. The summed E-state index contributed by atoms with van der Waals surface area (Å²) in [5.41, 5.74) is -0.416. The molecule has 0 aliphatic rings. The van der Waals surface area contributed by atoms with Gasteiger partial charge in [-0.25, -0.2) is 9.18 Å². The predicted octanol–water partition coefficient (Wildman–Crippen LogP) is 2.11. The Morgan fingerprint density at radius 1 is 1.41 bits per heavy atom. The van der Waals surface area contributed by atoms with Gasteiger partial charge in [-0.15, -0.1) is 0 Å². The lowest BCUT2D eigenvalue weighted by molar-refractivity contribution is 0.0587. The molecular formula is C12H17FN2O2. The number of anilines is 1. The van der Waals surface area contributed by atoms with E-state index in [9.17, 15) is 14.3 Å². The molecule has 4 nitrogen and oxygen atoms in total. The molecule has 5 heteroatoms. The highest BCUT2D eigenvalue weighted by Gasteiger charge is 2.18. The molecule has 0 aliphatic carbocycles. The normalized spacial score (nSPS) is 13.9. The van der Waals surface area contributed by atoms with Crippen molar-refractivity contribution in [1.29, 1.82) is 0 Å². The third kappa shape index (κ3) is 4.82. The molecule has 1 aromatic rings. The number of benzene rings is 1. The van der Waals surface area contributed by atoms with E-state index < -0.39 is 11.6 Å². The van der Waals surface area contributed by atoms with Gasteiger partial charge in [0.25, 0.3) is 0 Å². The van der Waals surface area contributed by atoms with E-state index in [1.54, 1.807) is 6.92 Å². The predicted molar refractivity (Wildman–Crippen MR) is 64.3 cm³/mol. The molecule has 0 heterocycles. The van der Waals surface area contributed by atoms with E-state index in [1.165, 1.54) is 24.3 Å². The first-order valence-corrected chi connectivity index (χ1v) is 5.46. The molecule has 1 atom stereocenters. The van der Waals surface area contributed by atoms with Crippen LogP contribution in [-0.2, 0) is 0 Å². The van der Waals surface area contributed by atoms with Crippen LogP contribution in [0.3, 0.4) is 0 Å². The summed E-state index contributed by atoms with van der Waals surface area (Å²) in [6.07, 6.45) is 0.545. The molecule has 0 aromatic heterocycles. The molecular weight excluding hydrogens is 223 g/mol. The van der Waals surface area contributed by atoms with Gasteiger partial charge in [0, 0.05) is 12.2 Å². The first-order valence-electron chi connectivity index (χ1n) is 5.46. The Balaban J connectivity index is 2.42. The van der Waals surface area contributed by atoms with Gasteiger partial charge >= 0.3 is 6.03 Å². The molecule has 0 fully saturated rings. The highest BCUT2D eigenvalue weighted by atomic mass is 19.1. The molecule has 0 saturated heterocycles. The molecule has 0 aliphatic heterocycles. The lowest BCUT2D eigenvalue weighted by atomic mass is 10.0. The number of rotatable bonds is 4. The molecule has 0 spiro atoms. The molecule has 94 valence electrons. The lowest BCUT2D eigenvalue weighted by Crippen LogP contribution is -2.41. The number of aliphatic hydroxyl groups is 1. The van der Waals surface area contributed by atoms with Crippen LogP contribution in [0.25, 0.3) is 0 Å². The van der Waals surface area contributed by atoms with Gasteiger partial charge in [-0.2, -0.15) is 0 Å². The van der Waals surface area contributed by atoms with Crippen molar-refractivity contribution in [3.05, 3.63) is 30.1 Å². The number of hydrogen-bond donors (Lipinski definition) is 3. The van der Waals surface area contributed by atoms with Crippen LogP contribution in [-0.4, -0.2) is 23.3 Å². The Morgan fingerprint density at radius 2 is 2.00 bits per heavy atom. The van der Waals surface area contributed by atoms with Crippen molar-refractivity contribution in [2.75, 3.05) is 11.9 Å². The largest absolute Gasteiger partial charge is 0.388 e. The number of nitrogens with one attached hydrogen (secondary N) is 2. The molecule has 1 rings (SSSR count). The minimum atomic E-state index is -0.917. The average molecular weight is 240 g/mol. The Kier molecular flexibility index (Phi) is 4.45. The van der Waals surface area contributed by atoms with Gasteiger partial charge in [0.05, 0.1) is 5.60 Å². The Morgan fingerprint density at radius 3 is 2.53 bits per heavy atom. The van der Waals surface area contributed by atoms with Crippen LogP contribution in [0.5, 0.6) is 0 Å². The number of urea groups is 1. The third-order valence-corrected chi connectivity index (χ3v) is 2.49. The van der Waals surface area contributed by atoms with Crippen LogP contribution in [0.2, 0.25) is 0 Å². The number of halogens is 1. The highest BCUT2D eigenvalue weighted by Crippen LogP contribution is 2.09. The van der Waals surface area contributed by atoms with Crippen molar-refractivity contribution in [3.8, 4) is 0 Å². The maximum atomic E-state index is 12.6. The summed E-state index contributed by atoms with van der Waals surface area (Å²) in [7, 11) is 0. The Bertz CT molecular complexity index is 377. The Hall–Kier alpha value is -1.62. The van der Waals surface area contributed by atoms with E-state index in [-0.39, 0.29) is 12.4 Å². The molecule has 1 unspecified atom stereocenters. The first kappa shape index (κ1) is 13.4. The maximum Gasteiger partial charge on any atom is 0.319 e. The molecule has 2 amide bonds. The van der Waals surface area contributed by atoms with Crippen LogP contribution >= 0.6 is 0 Å². The van der Waals surface area contributed by atoms with Crippen LogP contribution in [0.15, 0.2) is 24.3 Å². The van der Waals surface area contributed by atoms with E-state index in [2.05, 4.69) is 10.6 Å². The van der Waals surface area contributed by atoms with Crippen LogP contribution in [0.1, 0.15) is 20.3 Å². The fourth-order valence-corrected chi connectivity index (χ4v) is 1.10. The molecule has 0 bridgehead atoms. The number of hydrogen-bond acceptors (Lipinski definition) is 2. The van der Waals surface area contributed by atoms with E-state index in [1.807, 2.05) is 6.92 Å². The quantitative estimate of drug-likeness (QED) is 0.754. The topological polar surface area (TPSA) is 61.4 Å². The number of carbonyl (C=O) groups is 1. The monoisotopic (exact) mass is 240 g/mol. The van der Waals surface area contributed by atoms with Gasteiger partial charge in [-0.05, 0) is 37.6 Å². The second kappa shape index (κ2) is 5.63. The SMILES string of the molecule is CCC(C)(O)CNC(=O)Nc1ccc(F)cc1. The summed E-state index contributed by atoms with van der Waals surface area (Å²) in [4.78, 5) is 11.4. The minimum absolute atomic E-state index is 0.163. The van der Waals surface area contributed by atoms with E-state index in [0.29, 0.717) is 12.1 Å². The van der Waals surface area contributed by atoms with Gasteiger partial charge in [0.2, 0.25) is 0 Å². The van der Waals surface area contributed by atoms with Crippen molar-refractivity contribution in [2.24, 2.45) is 0 Å². The third-order valence-electron chi connectivity index (χ3n) is 2.49. The average Bonchev–Trinajstić information content (AvgIpc) is 2.30. The van der Waals surface area contributed by atoms with Crippen LogP contribution < -0.4 is 10.6 Å².